The van der Waals surface area contributed by atoms with Gasteiger partial charge in [0.25, 0.3) is 5.91 Å². The van der Waals surface area contributed by atoms with Crippen molar-refractivity contribution in [1.29, 1.82) is 0 Å². The molecule has 0 saturated carbocycles. The molecule has 0 atom stereocenters. The van der Waals surface area contributed by atoms with E-state index in [1.165, 1.54) is 6.07 Å². The molecule has 1 amide bonds. The first-order chi connectivity index (χ1) is 14.3. The molecule has 5 nitrogen and oxygen atoms in total. The van der Waals surface area contributed by atoms with Crippen molar-refractivity contribution in [2.24, 2.45) is 4.99 Å². The Morgan fingerprint density at radius 1 is 0.967 bits per heavy atom. The second kappa shape index (κ2) is 11.2. The van der Waals surface area contributed by atoms with Gasteiger partial charge >= 0.3 is 6.18 Å². The summed E-state index contributed by atoms with van der Waals surface area (Å²) in [4.78, 5) is 16.1. The fourth-order valence-electron chi connectivity index (χ4n) is 2.70. The van der Waals surface area contributed by atoms with Crippen molar-refractivity contribution in [2.45, 2.75) is 39.0 Å². The van der Waals surface area contributed by atoms with E-state index >= 15 is 0 Å². The first-order valence-electron chi connectivity index (χ1n) is 9.81. The molecule has 2 rings (SSSR count). The molecule has 0 radical (unpaired) electrons. The van der Waals surface area contributed by atoms with E-state index in [4.69, 9.17) is 0 Å². The lowest BCUT2D eigenvalue weighted by Crippen LogP contribution is -2.36. The van der Waals surface area contributed by atoms with Crippen molar-refractivity contribution in [3.8, 4) is 0 Å². The zero-order chi connectivity index (χ0) is 22.0. The highest BCUT2D eigenvalue weighted by Crippen LogP contribution is 2.29. The molecule has 3 N–H and O–H groups in total. The average molecular weight is 420 g/mol. The predicted molar refractivity (Wildman–Crippen MR) is 112 cm³/mol. The van der Waals surface area contributed by atoms with Crippen LogP contribution in [0.4, 0.5) is 13.2 Å². The van der Waals surface area contributed by atoms with Gasteiger partial charge in [-0.3, -0.25) is 9.79 Å². The van der Waals surface area contributed by atoms with Crippen LogP contribution < -0.4 is 16.0 Å². The predicted octanol–water partition coefficient (Wildman–Crippen LogP) is 4.10. The number of alkyl halides is 3. The molecule has 0 aromatic heterocycles. The Morgan fingerprint density at radius 2 is 1.63 bits per heavy atom. The summed E-state index contributed by atoms with van der Waals surface area (Å²) in [6.07, 6.45) is -2.40. The molecule has 30 heavy (non-hydrogen) atoms. The maximum atomic E-state index is 12.8. The molecule has 0 aliphatic heterocycles. The minimum absolute atomic E-state index is 0.0958. The SMILES string of the molecule is CCCCNC(=O)c1ccc(CNC(=NC)NCc2cccc(C(F)(F)F)c2)cc1. The second-order valence-corrected chi connectivity index (χ2v) is 6.78. The summed E-state index contributed by atoms with van der Waals surface area (Å²) in [6, 6.07) is 12.4. The lowest BCUT2D eigenvalue weighted by Gasteiger charge is -2.13. The monoisotopic (exact) mass is 420 g/mol. The Bertz CT molecular complexity index is 848. The van der Waals surface area contributed by atoms with Gasteiger partial charge in [0.05, 0.1) is 5.56 Å². The van der Waals surface area contributed by atoms with Crippen molar-refractivity contribution in [3.05, 3.63) is 70.8 Å². The molecule has 0 spiro atoms. The third kappa shape index (κ3) is 7.42. The quantitative estimate of drug-likeness (QED) is 0.342. The van der Waals surface area contributed by atoms with Crippen LogP contribution in [0.25, 0.3) is 0 Å². The summed E-state index contributed by atoms with van der Waals surface area (Å²) in [5.74, 6) is 0.371. The van der Waals surface area contributed by atoms with E-state index in [0.717, 1.165) is 30.5 Å². The fraction of sp³-hybridized carbons (Fsp3) is 0.364. The molecule has 8 heteroatoms. The van der Waals surface area contributed by atoms with Crippen LogP contribution in [0.2, 0.25) is 0 Å². The van der Waals surface area contributed by atoms with Gasteiger partial charge in [0.2, 0.25) is 0 Å². The Hall–Kier alpha value is -3.03. The molecule has 2 aromatic carbocycles. The number of amides is 1. The summed E-state index contributed by atoms with van der Waals surface area (Å²) in [7, 11) is 1.59. The molecule has 0 aliphatic carbocycles. The first-order valence-corrected chi connectivity index (χ1v) is 9.81. The topological polar surface area (TPSA) is 65.5 Å². The van der Waals surface area contributed by atoms with Crippen molar-refractivity contribution in [3.63, 3.8) is 0 Å². The maximum Gasteiger partial charge on any atom is 0.416 e. The second-order valence-electron chi connectivity index (χ2n) is 6.78. The Kier molecular flexibility index (Phi) is 8.70. The number of nitrogens with zero attached hydrogens (tertiary/aromatic N) is 1. The van der Waals surface area contributed by atoms with Crippen LogP contribution in [-0.2, 0) is 19.3 Å². The van der Waals surface area contributed by atoms with Gasteiger partial charge < -0.3 is 16.0 Å². The molecular weight excluding hydrogens is 393 g/mol. The highest BCUT2D eigenvalue weighted by molar-refractivity contribution is 5.94. The van der Waals surface area contributed by atoms with Crippen LogP contribution in [0.3, 0.4) is 0 Å². The van der Waals surface area contributed by atoms with Gasteiger partial charge in [-0.05, 0) is 41.8 Å². The van der Waals surface area contributed by atoms with Crippen LogP contribution in [0.1, 0.15) is 46.8 Å². The molecule has 0 fully saturated rings. The number of halogens is 3. The molecule has 0 aliphatic rings. The highest BCUT2D eigenvalue weighted by Gasteiger charge is 2.30. The Balaban J connectivity index is 1.85. The molecule has 0 unspecified atom stereocenters. The number of carbonyl (C=O) groups excluding carboxylic acids is 1. The largest absolute Gasteiger partial charge is 0.416 e. The van der Waals surface area contributed by atoms with Crippen LogP contribution >= 0.6 is 0 Å². The van der Waals surface area contributed by atoms with E-state index in [-0.39, 0.29) is 12.5 Å². The normalized spacial score (nSPS) is 11.8. The zero-order valence-corrected chi connectivity index (χ0v) is 17.1. The minimum Gasteiger partial charge on any atom is -0.352 e. The number of aliphatic imine (C=N–C) groups is 1. The van der Waals surface area contributed by atoms with E-state index in [1.807, 2.05) is 12.1 Å². The Labute approximate surface area is 174 Å². The number of carbonyl (C=O) groups is 1. The number of benzene rings is 2. The molecule has 2 aromatic rings. The van der Waals surface area contributed by atoms with Gasteiger partial charge in [-0.2, -0.15) is 13.2 Å². The van der Waals surface area contributed by atoms with E-state index in [9.17, 15) is 18.0 Å². The zero-order valence-electron chi connectivity index (χ0n) is 17.1. The minimum atomic E-state index is -4.37. The fourth-order valence-corrected chi connectivity index (χ4v) is 2.70. The summed E-state index contributed by atoms with van der Waals surface area (Å²) in [6.45, 7) is 3.39. The lowest BCUT2D eigenvalue weighted by molar-refractivity contribution is -0.137. The Morgan fingerprint density at radius 3 is 2.23 bits per heavy atom. The lowest BCUT2D eigenvalue weighted by atomic mass is 10.1. The number of guanidine groups is 1. The van der Waals surface area contributed by atoms with Crippen LogP contribution in [0.5, 0.6) is 0 Å². The van der Waals surface area contributed by atoms with E-state index < -0.39 is 11.7 Å². The van der Waals surface area contributed by atoms with Gasteiger partial charge in [0, 0.05) is 32.2 Å². The van der Waals surface area contributed by atoms with Gasteiger partial charge in [0.1, 0.15) is 0 Å². The van der Waals surface area contributed by atoms with Crippen molar-refractivity contribution < 1.29 is 18.0 Å². The van der Waals surface area contributed by atoms with Crippen molar-refractivity contribution in [1.82, 2.24) is 16.0 Å². The number of hydrogen-bond acceptors (Lipinski definition) is 2. The smallest absolute Gasteiger partial charge is 0.352 e. The number of hydrogen-bond donors (Lipinski definition) is 3. The highest BCUT2D eigenvalue weighted by atomic mass is 19.4. The van der Waals surface area contributed by atoms with Crippen molar-refractivity contribution in [2.75, 3.05) is 13.6 Å². The summed E-state index contributed by atoms with van der Waals surface area (Å²) in [5.41, 5.74) is 1.37. The number of nitrogens with one attached hydrogen (secondary N) is 3. The first kappa shape index (κ1) is 23.3. The molecular formula is C22H27F3N4O. The molecule has 0 heterocycles. The molecule has 0 bridgehead atoms. The molecule has 162 valence electrons. The van der Waals surface area contributed by atoms with Gasteiger partial charge in [-0.1, -0.05) is 37.6 Å². The van der Waals surface area contributed by atoms with Crippen LogP contribution in [0, 0.1) is 0 Å². The third-order valence-corrected chi connectivity index (χ3v) is 4.43. The van der Waals surface area contributed by atoms with Gasteiger partial charge in [-0.25, -0.2) is 0 Å². The van der Waals surface area contributed by atoms with E-state index in [0.29, 0.717) is 30.2 Å². The maximum absolute atomic E-state index is 12.8. The van der Waals surface area contributed by atoms with E-state index in [1.54, 1.807) is 25.2 Å². The standard InChI is InChI=1S/C22H27F3N4O/c1-3-4-12-27-20(30)18-10-8-16(9-11-18)14-28-21(26-2)29-15-17-6-5-7-19(13-17)22(23,24)25/h5-11,13H,3-4,12,14-15H2,1-2H3,(H,27,30)(H2,26,28,29). The number of unbranched alkanes of at least 4 members (excludes halogenated alkanes) is 1. The van der Waals surface area contributed by atoms with Crippen molar-refractivity contribution >= 4 is 11.9 Å². The third-order valence-electron chi connectivity index (χ3n) is 4.43. The summed E-state index contributed by atoms with van der Waals surface area (Å²) >= 11 is 0. The number of rotatable bonds is 8. The summed E-state index contributed by atoms with van der Waals surface area (Å²) in [5, 5.41) is 8.98. The van der Waals surface area contributed by atoms with Gasteiger partial charge in [0.15, 0.2) is 5.96 Å². The average Bonchev–Trinajstić information content (AvgIpc) is 2.74. The summed E-state index contributed by atoms with van der Waals surface area (Å²) < 4.78 is 38.4. The van der Waals surface area contributed by atoms with E-state index in [2.05, 4.69) is 27.9 Å². The van der Waals surface area contributed by atoms with Gasteiger partial charge in [-0.15, -0.1) is 0 Å². The van der Waals surface area contributed by atoms with Crippen LogP contribution in [-0.4, -0.2) is 25.5 Å². The van der Waals surface area contributed by atoms with Crippen LogP contribution in [0.15, 0.2) is 53.5 Å². The molecule has 0 saturated heterocycles.